The van der Waals surface area contributed by atoms with Crippen molar-refractivity contribution in [2.75, 3.05) is 7.11 Å². The molecule has 0 aliphatic heterocycles. The number of carbonyl (C=O) groups excluding carboxylic acids is 3. The molecule has 0 fully saturated rings. The first-order valence-corrected chi connectivity index (χ1v) is 5.73. The van der Waals surface area contributed by atoms with Gasteiger partial charge in [-0.05, 0) is 6.08 Å². The maximum Gasteiger partial charge on any atom is 0.342 e. The van der Waals surface area contributed by atoms with Crippen LogP contribution in [-0.2, 0) is 23.9 Å². The van der Waals surface area contributed by atoms with Crippen molar-refractivity contribution in [2.24, 2.45) is 0 Å². The van der Waals surface area contributed by atoms with E-state index in [9.17, 15) is 19.5 Å². The Hall–Kier alpha value is -1.89. The number of hydrogen-bond acceptors (Lipinski definition) is 6. The average Bonchev–Trinajstić information content (AvgIpc) is 2.30. The van der Waals surface area contributed by atoms with E-state index < -0.39 is 29.7 Å². The lowest BCUT2D eigenvalue weighted by Gasteiger charge is -2.34. The van der Waals surface area contributed by atoms with Crippen molar-refractivity contribution in [1.82, 2.24) is 5.32 Å². The molecule has 0 bridgehead atoms. The van der Waals surface area contributed by atoms with Crippen molar-refractivity contribution < 1.29 is 29.0 Å². The number of nitrogens with one attached hydrogen (secondary N) is 1. The van der Waals surface area contributed by atoms with Crippen molar-refractivity contribution in [3.8, 4) is 0 Å². The Labute approximate surface area is 110 Å². The highest BCUT2D eigenvalue weighted by Crippen LogP contribution is 2.26. The van der Waals surface area contributed by atoms with Gasteiger partial charge < -0.3 is 19.9 Å². The van der Waals surface area contributed by atoms with Gasteiger partial charge in [-0.25, -0.2) is 4.79 Å². The Bertz CT molecular complexity index is 418. The van der Waals surface area contributed by atoms with E-state index in [0.29, 0.717) is 0 Å². The number of amides is 1. The fraction of sp³-hybridized carbons (Fsp3) is 0.583. The summed E-state index contributed by atoms with van der Waals surface area (Å²) in [5.41, 5.74) is -1.86. The fourth-order valence-electron chi connectivity index (χ4n) is 1.92. The average molecular weight is 271 g/mol. The van der Waals surface area contributed by atoms with Crippen LogP contribution in [0.3, 0.4) is 0 Å². The Morgan fingerprint density at radius 1 is 1.37 bits per heavy atom. The van der Waals surface area contributed by atoms with E-state index in [0.717, 1.165) is 7.11 Å². The van der Waals surface area contributed by atoms with Crippen molar-refractivity contribution >= 4 is 17.8 Å². The standard InChI is InChI=1S/C12H17NO6/c1-7(14)13-9-4-5-12(17,11(16)18-3)6-10(9)19-8(2)15/h4-5,9-10,17H,6H2,1-3H3,(H,13,14)/t9-,10+,12-/m0/s1. The molecule has 7 heteroatoms. The highest BCUT2D eigenvalue weighted by Gasteiger charge is 2.43. The summed E-state index contributed by atoms with van der Waals surface area (Å²) in [5.74, 6) is -1.72. The van der Waals surface area contributed by atoms with Crippen LogP contribution < -0.4 is 5.32 Å². The Balaban J connectivity index is 2.95. The van der Waals surface area contributed by atoms with Gasteiger partial charge in [0.25, 0.3) is 0 Å². The first-order valence-electron chi connectivity index (χ1n) is 5.73. The minimum Gasteiger partial charge on any atom is -0.467 e. The van der Waals surface area contributed by atoms with Crippen molar-refractivity contribution in [3.63, 3.8) is 0 Å². The number of hydrogen-bond donors (Lipinski definition) is 2. The molecule has 3 atom stereocenters. The second kappa shape index (κ2) is 5.83. The van der Waals surface area contributed by atoms with Gasteiger partial charge in [-0.1, -0.05) is 6.08 Å². The molecule has 0 aromatic rings. The van der Waals surface area contributed by atoms with Gasteiger partial charge >= 0.3 is 11.9 Å². The van der Waals surface area contributed by atoms with Gasteiger partial charge in [0.15, 0.2) is 5.60 Å². The van der Waals surface area contributed by atoms with Crippen LogP contribution in [0.4, 0.5) is 0 Å². The number of methoxy groups -OCH3 is 1. The first-order chi connectivity index (χ1) is 8.78. The number of esters is 2. The summed E-state index contributed by atoms with van der Waals surface area (Å²) in [6, 6.07) is -0.591. The van der Waals surface area contributed by atoms with E-state index in [-0.39, 0.29) is 12.3 Å². The summed E-state index contributed by atoms with van der Waals surface area (Å²) in [4.78, 5) is 33.6. The zero-order valence-corrected chi connectivity index (χ0v) is 11.0. The molecule has 106 valence electrons. The molecule has 0 aromatic heterocycles. The predicted octanol–water partition coefficient (Wildman–Crippen LogP) is -0.713. The van der Waals surface area contributed by atoms with E-state index in [4.69, 9.17) is 4.74 Å². The van der Waals surface area contributed by atoms with Crippen molar-refractivity contribution in [3.05, 3.63) is 12.2 Å². The Kier molecular flexibility index (Phi) is 4.66. The summed E-state index contributed by atoms with van der Waals surface area (Å²) in [6.07, 6.45) is 1.63. The van der Waals surface area contributed by atoms with E-state index >= 15 is 0 Å². The largest absolute Gasteiger partial charge is 0.467 e. The molecule has 0 saturated heterocycles. The number of aliphatic hydroxyl groups is 1. The van der Waals surface area contributed by atoms with Gasteiger partial charge in [-0.3, -0.25) is 9.59 Å². The van der Waals surface area contributed by atoms with Crippen LogP contribution in [0.2, 0.25) is 0 Å². The SMILES string of the molecule is COC(=O)[C@]1(O)C=C[C@H](NC(C)=O)[C@H](OC(C)=O)C1. The van der Waals surface area contributed by atoms with Crippen LogP contribution in [0.15, 0.2) is 12.2 Å². The molecule has 1 aliphatic carbocycles. The van der Waals surface area contributed by atoms with E-state index in [1.165, 1.54) is 26.0 Å². The maximum atomic E-state index is 11.5. The van der Waals surface area contributed by atoms with Gasteiger partial charge in [-0.15, -0.1) is 0 Å². The molecule has 0 aromatic carbocycles. The molecular weight excluding hydrogens is 254 g/mol. The smallest absolute Gasteiger partial charge is 0.342 e. The molecular formula is C12H17NO6. The molecule has 0 unspecified atom stereocenters. The number of ether oxygens (including phenoxy) is 2. The molecule has 0 spiro atoms. The van der Waals surface area contributed by atoms with Gasteiger partial charge in [-0.2, -0.15) is 0 Å². The summed E-state index contributed by atoms with van der Waals surface area (Å²) in [6.45, 7) is 2.53. The van der Waals surface area contributed by atoms with Gasteiger partial charge in [0.1, 0.15) is 6.10 Å². The van der Waals surface area contributed by atoms with Crippen LogP contribution in [0.25, 0.3) is 0 Å². The molecule has 0 radical (unpaired) electrons. The quantitative estimate of drug-likeness (QED) is 0.519. The van der Waals surface area contributed by atoms with Crippen molar-refractivity contribution in [1.29, 1.82) is 0 Å². The van der Waals surface area contributed by atoms with Gasteiger partial charge in [0, 0.05) is 20.3 Å². The lowest BCUT2D eigenvalue weighted by molar-refractivity contribution is -0.166. The lowest BCUT2D eigenvalue weighted by Crippen LogP contribution is -2.53. The minimum absolute atomic E-state index is 0.180. The molecule has 2 N–H and O–H groups in total. The second-order valence-electron chi connectivity index (χ2n) is 4.35. The van der Waals surface area contributed by atoms with E-state index in [1.807, 2.05) is 0 Å². The lowest BCUT2D eigenvalue weighted by atomic mass is 9.86. The summed E-state index contributed by atoms with van der Waals surface area (Å²) in [7, 11) is 1.15. The van der Waals surface area contributed by atoms with Gasteiger partial charge in [0.2, 0.25) is 5.91 Å². The first kappa shape index (κ1) is 15.2. The van der Waals surface area contributed by atoms with Crippen LogP contribution in [-0.4, -0.2) is 47.8 Å². The fourth-order valence-corrected chi connectivity index (χ4v) is 1.92. The van der Waals surface area contributed by atoms with E-state index in [2.05, 4.69) is 10.1 Å². The third kappa shape index (κ3) is 3.78. The highest BCUT2D eigenvalue weighted by atomic mass is 16.6. The zero-order chi connectivity index (χ0) is 14.6. The number of rotatable bonds is 3. The molecule has 0 saturated carbocycles. The van der Waals surface area contributed by atoms with E-state index in [1.54, 1.807) is 0 Å². The maximum absolute atomic E-state index is 11.5. The number of carbonyl (C=O) groups is 3. The van der Waals surface area contributed by atoms with Crippen molar-refractivity contribution in [2.45, 2.75) is 38.0 Å². The Morgan fingerprint density at radius 3 is 2.47 bits per heavy atom. The van der Waals surface area contributed by atoms with Crippen LogP contribution in [0.1, 0.15) is 20.3 Å². The van der Waals surface area contributed by atoms with Crippen LogP contribution in [0.5, 0.6) is 0 Å². The monoisotopic (exact) mass is 271 g/mol. The second-order valence-corrected chi connectivity index (χ2v) is 4.35. The molecule has 1 amide bonds. The topological polar surface area (TPSA) is 102 Å². The third-order valence-electron chi connectivity index (χ3n) is 2.72. The predicted molar refractivity (Wildman–Crippen MR) is 63.9 cm³/mol. The van der Waals surface area contributed by atoms with Gasteiger partial charge in [0.05, 0.1) is 13.2 Å². The van der Waals surface area contributed by atoms with Crippen LogP contribution >= 0.6 is 0 Å². The zero-order valence-electron chi connectivity index (χ0n) is 11.0. The molecule has 1 rings (SSSR count). The summed E-state index contributed by atoms with van der Waals surface area (Å²) < 4.78 is 9.52. The minimum atomic E-state index is -1.86. The molecule has 7 nitrogen and oxygen atoms in total. The highest BCUT2D eigenvalue weighted by molar-refractivity contribution is 5.82. The third-order valence-corrected chi connectivity index (χ3v) is 2.72. The molecule has 1 aliphatic rings. The summed E-state index contributed by atoms with van der Waals surface area (Å²) >= 11 is 0. The molecule has 0 heterocycles. The molecule has 19 heavy (non-hydrogen) atoms. The van der Waals surface area contributed by atoms with Crippen LogP contribution in [0, 0.1) is 0 Å². The normalized spacial score (nSPS) is 29.5. The Morgan fingerprint density at radius 2 is 2.00 bits per heavy atom. The summed E-state index contributed by atoms with van der Waals surface area (Å²) in [5, 5.41) is 12.7.